The molecule has 0 aromatic carbocycles. The van der Waals surface area contributed by atoms with E-state index in [4.69, 9.17) is 4.42 Å². The molecule has 0 amide bonds. The van der Waals surface area contributed by atoms with Crippen molar-refractivity contribution in [3.8, 4) is 0 Å². The summed E-state index contributed by atoms with van der Waals surface area (Å²) in [6, 6.07) is 3.98. The van der Waals surface area contributed by atoms with Gasteiger partial charge in [0.1, 0.15) is 5.76 Å². The van der Waals surface area contributed by atoms with Gasteiger partial charge in [-0.15, -0.1) is 0 Å². The topological polar surface area (TPSA) is 38.1 Å². The molecule has 1 N–H and O–H groups in total. The Morgan fingerprint density at radius 1 is 1.44 bits per heavy atom. The predicted molar refractivity (Wildman–Crippen MR) is 75.5 cm³/mol. The van der Waals surface area contributed by atoms with E-state index in [0.29, 0.717) is 0 Å². The van der Waals surface area contributed by atoms with Crippen molar-refractivity contribution >= 4 is 15.9 Å². The summed E-state index contributed by atoms with van der Waals surface area (Å²) >= 11 is 3.53. The number of pyridine rings is 1. The normalized spacial score (nSPS) is 12.6. The van der Waals surface area contributed by atoms with Gasteiger partial charge in [0.15, 0.2) is 0 Å². The summed E-state index contributed by atoms with van der Waals surface area (Å²) in [6.45, 7) is 5.18. The first-order chi connectivity index (χ1) is 8.74. The van der Waals surface area contributed by atoms with Crippen molar-refractivity contribution in [2.75, 3.05) is 6.54 Å². The summed E-state index contributed by atoms with van der Waals surface area (Å²) in [5.74, 6) is 0.902. The molecule has 4 heteroatoms. The quantitative estimate of drug-likeness (QED) is 0.912. The van der Waals surface area contributed by atoms with Crippen LogP contribution >= 0.6 is 15.9 Å². The highest BCUT2D eigenvalue weighted by Crippen LogP contribution is 2.30. The fraction of sp³-hybridized carbons (Fsp3) is 0.357. The molecule has 96 valence electrons. The van der Waals surface area contributed by atoms with Crippen LogP contribution in [0.15, 0.2) is 39.7 Å². The molecule has 2 heterocycles. The van der Waals surface area contributed by atoms with Crippen LogP contribution in [0.1, 0.15) is 36.3 Å². The minimum Gasteiger partial charge on any atom is -0.466 e. The number of hydrogen-bond donors (Lipinski definition) is 1. The standard InChI is InChI=1S/C14H17BrN2O/c1-3-6-17-13(14-12(15)5-8-18-14)11-9-16-7-4-10(11)2/h4-5,7-9,13,17H,3,6H2,1-2H3. The molecule has 0 radical (unpaired) electrons. The number of nitrogens with zero attached hydrogens (tertiary/aromatic N) is 1. The van der Waals surface area contributed by atoms with Crippen LogP contribution in [0, 0.1) is 6.92 Å². The second kappa shape index (κ2) is 6.16. The number of furan rings is 1. The molecule has 3 nitrogen and oxygen atoms in total. The minimum atomic E-state index is 0.0445. The van der Waals surface area contributed by atoms with Crippen LogP contribution < -0.4 is 5.32 Å². The van der Waals surface area contributed by atoms with E-state index in [2.05, 4.69) is 40.1 Å². The second-order valence-corrected chi connectivity index (χ2v) is 5.11. The van der Waals surface area contributed by atoms with Crippen LogP contribution in [-0.4, -0.2) is 11.5 Å². The minimum absolute atomic E-state index is 0.0445. The van der Waals surface area contributed by atoms with Gasteiger partial charge in [0.05, 0.1) is 16.8 Å². The lowest BCUT2D eigenvalue weighted by atomic mass is 10.0. The summed E-state index contributed by atoms with van der Waals surface area (Å²) in [6.07, 6.45) is 6.49. The van der Waals surface area contributed by atoms with Gasteiger partial charge in [0, 0.05) is 12.4 Å². The molecule has 0 aliphatic rings. The molecule has 0 fully saturated rings. The molecule has 1 unspecified atom stereocenters. The predicted octanol–water partition coefficient (Wildman–Crippen LogP) is 3.83. The third kappa shape index (κ3) is 2.82. The van der Waals surface area contributed by atoms with Crippen molar-refractivity contribution in [1.82, 2.24) is 10.3 Å². The third-order valence-corrected chi connectivity index (χ3v) is 3.55. The Kier molecular flexibility index (Phi) is 4.55. The molecule has 0 aliphatic heterocycles. The number of aromatic nitrogens is 1. The summed E-state index contributed by atoms with van der Waals surface area (Å²) in [7, 11) is 0. The number of hydrogen-bond acceptors (Lipinski definition) is 3. The van der Waals surface area contributed by atoms with Gasteiger partial charge in [-0.3, -0.25) is 4.98 Å². The number of rotatable bonds is 5. The van der Waals surface area contributed by atoms with Gasteiger partial charge < -0.3 is 9.73 Å². The maximum Gasteiger partial charge on any atom is 0.139 e. The first-order valence-corrected chi connectivity index (χ1v) is 6.90. The fourth-order valence-electron chi connectivity index (χ4n) is 1.92. The molecular weight excluding hydrogens is 292 g/mol. The van der Waals surface area contributed by atoms with E-state index in [9.17, 15) is 0 Å². The highest BCUT2D eigenvalue weighted by Gasteiger charge is 2.21. The van der Waals surface area contributed by atoms with Crippen molar-refractivity contribution in [1.29, 1.82) is 0 Å². The average molecular weight is 309 g/mol. The van der Waals surface area contributed by atoms with Crippen molar-refractivity contribution < 1.29 is 4.42 Å². The van der Waals surface area contributed by atoms with Crippen molar-refractivity contribution in [3.63, 3.8) is 0 Å². The van der Waals surface area contributed by atoms with Gasteiger partial charge >= 0.3 is 0 Å². The Labute approximate surface area is 116 Å². The zero-order chi connectivity index (χ0) is 13.0. The van der Waals surface area contributed by atoms with E-state index in [1.165, 1.54) is 5.56 Å². The molecule has 0 spiro atoms. The van der Waals surface area contributed by atoms with E-state index >= 15 is 0 Å². The molecule has 2 aromatic rings. The summed E-state index contributed by atoms with van der Waals surface area (Å²) in [5, 5.41) is 3.51. The molecule has 18 heavy (non-hydrogen) atoms. The SMILES string of the molecule is CCCNC(c1cnccc1C)c1occc1Br. The van der Waals surface area contributed by atoms with Gasteiger partial charge in [-0.25, -0.2) is 0 Å². The van der Waals surface area contributed by atoms with Gasteiger partial charge in [0.25, 0.3) is 0 Å². The first-order valence-electron chi connectivity index (χ1n) is 6.10. The van der Waals surface area contributed by atoms with E-state index in [1.54, 1.807) is 6.26 Å². The fourth-order valence-corrected chi connectivity index (χ4v) is 2.35. The molecule has 0 bridgehead atoms. The van der Waals surface area contributed by atoms with Crippen LogP contribution in [0.25, 0.3) is 0 Å². The third-order valence-electron chi connectivity index (χ3n) is 2.90. The van der Waals surface area contributed by atoms with E-state index in [1.807, 2.05) is 24.5 Å². The molecule has 0 saturated heterocycles. The monoisotopic (exact) mass is 308 g/mol. The number of halogens is 1. The highest BCUT2D eigenvalue weighted by atomic mass is 79.9. The summed E-state index contributed by atoms with van der Waals surface area (Å²) in [4.78, 5) is 4.22. The second-order valence-electron chi connectivity index (χ2n) is 4.25. The molecule has 1 atom stereocenters. The van der Waals surface area contributed by atoms with E-state index < -0.39 is 0 Å². The molecule has 0 saturated carbocycles. The zero-order valence-corrected chi connectivity index (χ0v) is 12.2. The van der Waals surface area contributed by atoms with Crippen LogP contribution in [0.5, 0.6) is 0 Å². The first kappa shape index (κ1) is 13.3. The van der Waals surface area contributed by atoms with Gasteiger partial charge in [-0.2, -0.15) is 0 Å². The van der Waals surface area contributed by atoms with Gasteiger partial charge in [0.2, 0.25) is 0 Å². The van der Waals surface area contributed by atoms with Crippen LogP contribution in [-0.2, 0) is 0 Å². The highest BCUT2D eigenvalue weighted by molar-refractivity contribution is 9.10. The lowest BCUT2D eigenvalue weighted by molar-refractivity contribution is 0.443. The van der Waals surface area contributed by atoms with Crippen LogP contribution in [0.2, 0.25) is 0 Å². The van der Waals surface area contributed by atoms with Crippen molar-refractivity contribution in [2.24, 2.45) is 0 Å². The average Bonchev–Trinajstić information content (AvgIpc) is 2.78. The van der Waals surface area contributed by atoms with Crippen LogP contribution in [0.3, 0.4) is 0 Å². The Balaban J connectivity index is 2.37. The Hall–Kier alpha value is -1.13. The van der Waals surface area contributed by atoms with E-state index in [0.717, 1.165) is 28.8 Å². The Morgan fingerprint density at radius 2 is 2.28 bits per heavy atom. The lowest BCUT2D eigenvalue weighted by Crippen LogP contribution is -2.24. The largest absolute Gasteiger partial charge is 0.466 e. The Bertz CT molecular complexity index is 510. The maximum atomic E-state index is 5.60. The zero-order valence-electron chi connectivity index (χ0n) is 10.6. The van der Waals surface area contributed by atoms with E-state index in [-0.39, 0.29) is 6.04 Å². The summed E-state index contributed by atoms with van der Waals surface area (Å²) < 4.78 is 6.58. The van der Waals surface area contributed by atoms with Crippen molar-refractivity contribution in [3.05, 3.63) is 52.1 Å². The molecule has 0 aliphatic carbocycles. The maximum absolute atomic E-state index is 5.60. The molecule has 2 rings (SSSR count). The lowest BCUT2D eigenvalue weighted by Gasteiger charge is -2.18. The van der Waals surface area contributed by atoms with Gasteiger partial charge in [-0.1, -0.05) is 6.92 Å². The van der Waals surface area contributed by atoms with Crippen molar-refractivity contribution in [2.45, 2.75) is 26.3 Å². The molecule has 2 aromatic heterocycles. The number of nitrogens with one attached hydrogen (secondary N) is 1. The van der Waals surface area contributed by atoms with Gasteiger partial charge in [-0.05, 0) is 59.1 Å². The molecular formula is C14H17BrN2O. The summed E-state index contributed by atoms with van der Waals surface area (Å²) in [5.41, 5.74) is 2.36. The smallest absolute Gasteiger partial charge is 0.139 e. The van der Waals surface area contributed by atoms with Crippen LogP contribution in [0.4, 0.5) is 0 Å². The number of aryl methyl sites for hydroxylation is 1. The Morgan fingerprint density at radius 3 is 2.89 bits per heavy atom.